The predicted octanol–water partition coefficient (Wildman–Crippen LogP) is 2.29. The van der Waals surface area contributed by atoms with Gasteiger partial charge in [-0.15, -0.1) is 0 Å². The van der Waals surface area contributed by atoms with Gasteiger partial charge in [0.15, 0.2) is 0 Å². The number of phenols is 1. The van der Waals surface area contributed by atoms with E-state index in [1.165, 1.54) is 6.07 Å². The number of rotatable bonds is 2. The van der Waals surface area contributed by atoms with E-state index in [0.717, 1.165) is 12.8 Å². The molecule has 0 radical (unpaired) electrons. The summed E-state index contributed by atoms with van der Waals surface area (Å²) in [7, 11) is 0. The molecule has 4 nitrogen and oxygen atoms in total. The van der Waals surface area contributed by atoms with E-state index in [1.54, 1.807) is 17.0 Å². The second kappa shape index (κ2) is 5.88. The van der Waals surface area contributed by atoms with Crippen LogP contribution in [0.25, 0.3) is 0 Å². The van der Waals surface area contributed by atoms with Crippen molar-refractivity contribution in [1.82, 2.24) is 4.90 Å². The average Bonchev–Trinajstić information content (AvgIpc) is 2.41. The summed E-state index contributed by atoms with van der Waals surface area (Å²) in [6.45, 7) is 1.26. The van der Waals surface area contributed by atoms with Gasteiger partial charge in [0, 0.05) is 24.6 Å². The van der Waals surface area contributed by atoms with Crippen LogP contribution < -0.4 is 5.73 Å². The van der Waals surface area contributed by atoms with E-state index in [0.29, 0.717) is 28.1 Å². The zero-order valence-electron chi connectivity index (χ0n) is 10.3. The highest BCUT2D eigenvalue weighted by atomic mass is 79.9. The predicted molar refractivity (Wildman–Crippen MR) is 81.2 cm³/mol. The first-order valence-corrected chi connectivity index (χ1v) is 7.26. The van der Waals surface area contributed by atoms with E-state index in [9.17, 15) is 9.90 Å². The molecule has 2 rings (SSSR count). The van der Waals surface area contributed by atoms with E-state index >= 15 is 0 Å². The Morgan fingerprint density at radius 3 is 2.89 bits per heavy atom. The van der Waals surface area contributed by atoms with E-state index in [-0.39, 0.29) is 17.6 Å². The van der Waals surface area contributed by atoms with E-state index in [4.69, 9.17) is 18.0 Å². The zero-order chi connectivity index (χ0) is 14.0. The third-order valence-corrected chi connectivity index (χ3v) is 4.31. The molecule has 19 heavy (non-hydrogen) atoms. The molecule has 1 aliphatic heterocycles. The van der Waals surface area contributed by atoms with Crippen LogP contribution in [-0.2, 0) is 0 Å². The molecule has 3 N–H and O–H groups in total. The van der Waals surface area contributed by atoms with Gasteiger partial charge in [-0.3, -0.25) is 4.79 Å². The molecular formula is C13H15BrN2O2S. The number of halogens is 1. The van der Waals surface area contributed by atoms with Crippen LogP contribution in [-0.4, -0.2) is 34.0 Å². The molecule has 1 aromatic rings. The molecule has 1 heterocycles. The molecular weight excluding hydrogens is 328 g/mol. The van der Waals surface area contributed by atoms with Crippen LogP contribution in [0.15, 0.2) is 22.7 Å². The Labute approximate surface area is 125 Å². The van der Waals surface area contributed by atoms with Gasteiger partial charge in [-0.05, 0) is 47.0 Å². The van der Waals surface area contributed by atoms with Crippen LogP contribution in [0.4, 0.5) is 0 Å². The van der Waals surface area contributed by atoms with Crippen molar-refractivity contribution in [3.05, 3.63) is 28.2 Å². The van der Waals surface area contributed by atoms with Crippen molar-refractivity contribution in [2.45, 2.75) is 12.8 Å². The first-order valence-electron chi connectivity index (χ1n) is 6.06. The van der Waals surface area contributed by atoms with Crippen molar-refractivity contribution in [3.8, 4) is 5.75 Å². The van der Waals surface area contributed by atoms with Gasteiger partial charge >= 0.3 is 0 Å². The summed E-state index contributed by atoms with van der Waals surface area (Å²) in [5, 5.41) is 9.63. The Bertz CT molecular complexity index is 521. The lowest BCUT2D eigenvalue weighted by atomic mass is 9.97. The molecule has 0 bridgehead atoms. The summed E-state index contributed by atoms with van der Waals surface area (Å²) < 4.78 is 0.573. The van der Waals surface area contributed by atoms with Crippen molar-refractivity contribution in [2.75, 3.05) is 13.1 Å². The molecule has 1 aliphatic rings. The van der Waals surface area contributed by atoms with Gasteiger partial charge in [0.1, 0.15) is 5.75 Å². The molecule has 0 saturated carbocycles. The van der Waals surface area contributed by atoms with Gasteiger partial charge < -0.3 is 15.7 Å². The number of carbonyl (C=O) groups is 1. The fourth-order valence-corrected chi connectivity index (χ4v) is 2.66. The van der Waals surface area contributed by atoms with Crippen LogP contribution in [0.5, 0.6) is 5.75 Å². The third-order valence-electron chi connectivity index (χ3n) is 3.30. The van der Waals surface area contributed by atoms with E-state index in [1.807, 2.05) is 0 Å². The maximum atomic E-state index is 12.3. The topological polar surface area (TPSA) is 66.6 Å². The summed E-state index contributed by atoms with van der Waals surface area (Å²) in [4.78, 5) is 14.6. The maximum absolute atomic E-state index is 12.3. The number of hydrogen-bond donors (Lipinski definition) is 2. The fourth-order valence-electron chi connectivity index (χ4n) is 2.22. The molecule has 102 valence electrons. The minimum absolute atomic E-state index is 0.0637. The number of benzene rings is 1. The van der Waals surface area contributed by atoms with Gasteiger partial charge in [-0.2, -0.15) is 0 Å². The number of nitrogens with two attached hydrogens (primary N) is 1. The number of amides is 1. The highest BCUT2D eigenvalue weighted by Gasteiger charge is 2.26. The van der Waals surface area contributed by atoms with Gasteiger partial charge in [0.2, 0.25) is 0 Å². The number of likely N-dealkylation sites (tertiary alicyclic amines) is 1. The highest BCUT2D eigenvalue weighted by molar-refractivity contribution is 9.10. The van der Waals surface area contributed by atoms with E-state index in [2.05, 4.69) is 15.9 Å². The lowest BCUT2D eigenvalue weighted by Gasteiger charge is -2.32. The van der Waals surface area contributed by atoms with Gasteiger partial charge in [-0.25, -0.2) is 0 Å². The maximum Gasteiger partial charge on any atom is 0.254 e. The van der Waals surface area contributed by atoms with Crippen LogP contribution in [0.1, 0.15) is 23.2 Å². The summed E-state index contributed by atoms with van der Waals surface area (Å²) in [6.07, 6.45) is 1.83. The monoisotopic (exact) mass is 342 g/mol. The Hall–Kier alpha value is -1.14. The quantitative estimate of drug-likeness (QED) is 0.809. The lowest BCUT2D eigenvalue weighted by molar-refractivity contribution is 0.0703. The number of thiocarbonyl (C=S) groups is 1. The zero-order valence-corrected chi connectivity index (χ0v) is 12.7. The SMILES string of the molecule is NC(=S)C1CCCN(C(=O)c2ccc(Br)c(O)c2)C1. The van der Waals surface area contributed by atoms with E-state index < -0.39 is 0 Å². The molecule has 0 aromatic heterocycles. The second-order valence-electron chi connectivity index (χ2n) is 4.66. The molecule has 0 aliphatic carbocycles. The summed E-state index contributed by atoms with van der Waals surface area (Å²) in [5.74, 6) is 0.0641. The molecule has 1 unspecified atom stereocenters. The van der Waals surface area contributed by atoms with Crippen LogP contribution in [0.3, 0.4) is 0 Å². The van der Waals surface area contributed by atoms with Crippen LogP contribution in [0.2, 0.25) is 0 Å². The first-order chi connectivity index (χ1) is 8.99. The smallest absolute Gasteiger partial charge is 0.254 e. The number of piperidine rings is 1. The summed E-state index contributed by atoms with van der Waals surface area (Å²) in [6, 6.07) is 4.82. The molecule has 1 saturated heterocycles. The Kier molecular flexibility index (Phi) is 4.42. The molecule has 1 atom stereocenters. The summed E-state index contributed by atoms with van der Waals surface area (Å²) in [5.41, 5.74) is 6.14. The van der Waals surface area contributed by atoms with Gasteiger partial charge in [0.25, 0.3) is 5.91 Å². The normalized spacial score (nSPS) is 19.2. The van der Waals surface area contributed by atoms with Crippen molar-refractivity contribution in [2.24, 2.45) is 11.7 Å². The molecule has 1 fully saturated rings. The average molecular weight is 343 g/mol. The fraction of sp³-hybridized carbons (Fsp3) is 0.385. The Morgan fingerprint density at radius 2 is 2.26 bits per heavy atom. The molecule has 1 aromatic carbocycles. The Balaban J connectivity index is 2.14. The standard InChI is InChI=1S/C13H15BrN2O2S/c14-10-4-3-8(6-11(10)17)13(18)16-5-1-2-9(7-16)12(15)19/h3-4,6,9,17H,1-2,5,7H2,(H2,15,19). The van der Waals surface area contributed by atoms with Gasteiger partial charge in [-0.1, -0.05) is 12.2 Å². The van der Waals surface area contributed by atoms with Crippen molar-refractivity contribution < 1.29 is 9.90 Å². The second-order valence-corrected chi connectivity index (χ2v) is 5.98. The van der Waals surface area contributed by atoms with Crippen LogP contribution in [0, 0.1) is 5.92 Å². The number of phenolic OH excluding ortho intramolecular Hbond substituents is 1. The highest BCUT2D eigenvalue weighted by Crippen LogP contribution is 2.26. The largest absolute Gasteiger partial charge is 0.507 e. The minimum atomic E-state index is -0.0937. The van der Waals surface area contributed by atoms with Crippen molar-refractivity contribution >= 4 is 39.0 Å². The number of hydrogen-bond acceptors (Lipinski definition) is 3. The van der Waals surface area contributed by atoms with Crippen molar-refractivity contribution in [1.29, 1.82) is 0 Å². The molecule has 0 spiro atoms. The summed E-state index contributed by atoms with van der Waals surface area (Å²) >= 11 is 8.20. The third kappa shape index (κ3) is 3.25. The van der Waals surface area contributed by atoms with Gasteiger partial charge in [0.05, 0.1) is 9.46 Å². The molecule has 6 heteroatoms. The minimum Gasteiger partial charge on any atom is -0.507 e. The molecule has 1 amide bonds. The van der Waals surface area contributed by atoms with Crippen LogP contribution >= 0.6 is 28.1 Å². The lowest BCUT2D eigenvalue weighted by Crippen LogP contribution is -2.43. The number of aromatic hydroxyl groups is 1. The van der Waals surface area contributed by atoms with Crippen molar-refractivity contribution in [3.63, 3.8) is 0 Å². The number of nitrogens with zero attached hydrogens (tertiary/aromatic N) is 1. The number of carbonyl (C=O) groups excluding carboxylic acids is 1. The Morgan fingerprint density at radius 1 is 1.53 bits per heavy atom. The first kappa shape index (κ1) is 14.3.